The highest BCUT2D eigenvalue weighted by molar-refractivity contribution is 7.85. The Labute approximate surface area is 104 Å². The van der Waals surface area contributed by atoms with Gasteiger partial charge in [0, 0.05) is 5.69 Å². The number of carboxylic acid groups (broad SMARTS) is 1. The largest absolute Gasteiger partial charge is 0.478 e. The summed E-state index contributed by atoms with van der Waals surface area (Å²) in [6.45, 7) is 0. The van der Waals surface area contributed by atoms with Crippen LogP contribution >= 0.6 is 0 Å². The predicted molar refractivity (Wildman–Crippen MR) is 67.2 cm³/mol. The lowest BCUT2D eigenvalue weighted by atomic mass is 10.2. The van der Waals surface area contributed by atoms with E-state index in [2.05, 4.69) is 10.4 Å². The lowest BCUT2D eigenvalue weighted by Crippen LogP contribution is -1.99. The van der Waals surface area contributed by atoms with Crippen LogP contribution < -0.4 is 11.2 Å². The summed E-state index contributed by atoms with van der Waals surface area (Å²) in [4.78, 5) is 10.5. The Bertz CT molecular complexity index is 502. The van der Waals surface area contributed by atoms with E-state index in [4.69, 9.17) is 15.5 Å². The summed E-state index contributed by atoms with van der Waals surface area (Å²) in [6, 6.07) is 6.25. The lowest BCUT2D eigenvalue weighted by molar-refractivity contribution is 0.0697. The highest BCUT2D eigenvalue weighted by Crippen LogP contribution is 2.08. The maximum Gasteiger partial charge on any atom is 0.335 e. The molecule has 0 aromatic heterocycles. The minimum atomic E-state index is -3.67. The third-order valence-electron chi connectivity index (χ3n) is 1.44. The van der Waals surface area contributed by atoms with Crippen molar-refractivity contribution in [1.82, 2.24) is 0 Å². The number of anilines is 1. The summed E-state index contributed by atoms with van der Waals surface area (Å²) < 4.78 is 25.9. The minimum absolute atomic E-state index is 0.246. The van der Waals surface area contributed by atoms with Crippen molar-refractivity contribution in [1.29, 1.82) is 0 Å². The van der Waals surface area contributed by atoms with E-state index in [1.807, 2.05) is 0 Å². The van der Waals surface area contributed by atoms with E-state index in [-0.39, 0.29) is 5.56 Å². The number of rotatable bonds is 3. The average molecular weight is 275 g/mol. The molecule has 0 saturated heterocycles. The van der Waals surface area contributed by atoms with Crippen molar-refractivity contribution in [3.63, 3.8) is 0 Å². The fourth-order valence-corrected chi connectivity index (χ4v) is 0.821. The molecule has 1 rings (SSSR count). The van der Waals surface area contributed by atoms with Crippen LogP contribution in [0.5, 0.6) is 0 Å². The second kappa shape index (κ2) is 7.25. The molecule has 0 aliphatic carbocycles. The van der Waals surface area contributed by atoms with Crippen molar-refractivity contribution in [2.75, 3.05) is 11.6 Å². The van der Waals surface area contributed by atoms with Crippen LogP contribution in [0.15, 0.2) is 29.4 Å². The molecule has 0 bridgehead atoms. The Morgan fingerprint density at radius 1 is 1.39 bits per heavy atom. The van der Waals surface area contributed by atoms with Gasteiger partial charge in [0.2, 0.25) is 0 Å². The number of hydrogen-bond donors (Lipinski definition) is 4. The summed E-state index contributed by atoms with van der Waals surface area (Å²) >= 11 is 0. The summed E-state index contributed by atoms with van der Waals surface area (Å²) in [5, 5.41) is 14.6. The van der Waals surface area contributed by atoms with Crippen molar-refractivity contribution in [2.24, 2.45) is 10.9 Å². The molecule has 0 amide bonds. The van der Waals surface area contributed by atoms with Crippen molar-refractivity contribution >= 4 is 28.1 Å². The van der Waals surface area contributed by atoms with E-state index in [9.17, 15) is 13.2 Å². The third-order valence-corrected chi connectivity index (χ3v) is 1.44. The minimum Gasteiger partial charge on any atom is -0.478 e. The zero-order chi connectivity index (χ0) is 14.2. The van der Waals surface area contributed by atoms with Crippen LogP contribution in [0.25, 0.3) is 0 Å². The SMILES string of the molecule is CS(=O)(=O)O.N/N=C\Nc1ccc(C(=O)O)cc1. The van der Waals surface area contributed by atoms with Crippen LogP contribution in [0.3, 0.4) is 0 Å². The van der Waals surface area contributed by atoms with Gasteiger partial charge in [-0.15, -0.1) is 0 Å². The van der Waals surface area contributed by atoms with Gasteiger partial charge in [-0.2, -0.15) is 13.5 Å². The van der Waals surface area contributed by atoms with E-state index in [0.717, 1.165) is 5.69 Å². The molecule has 1 aromatic rings. The van der Waals surface area contributed by atoms with Gasteiger partial charge in [0.15, 0.2) is 0 Å². The van der Waals surface area contributed by atoms with Gasteiger partial charge in [-0.1, -0.05) is 0 Å². The first-order valence-electron chi connectivity index (χ1n) is 4.48. The van der Waals surface area contributed by atoms with Crippen molar-refractivity contribution < 1.29 is 22.9 Å². The Balaban J connectivity index is 0.000000494. The lowest BCUT2D eigenvalue weighted by Gasteiger charge is -1.99. The first-order chi connectivity index (χ1) is 8.24. The summed E-state index contributed by atoms with van der Waals surface area (Å²) in [7, 11) is -3.67. The van der Waals surface area contributed by atoms with Crippen LogP contribution in [0.1, 0.15) is 10.4 Å². The van der Waals surface area contributed by atoms with Gasteiger partial charge in [-0.3, -0.25) is 4.55 Å². The fraction of sp³-hybridized carbons (Fsp3) is 0.111. The Morgan fingerprint density at radius 3 is 2.17 bits per heavy atom. The molecule has 0 saturated carbocycles. The summed E-state index contributed by atoms with van der Waals surface area (Å²) in [6.07, 6.45) is 2.03. The van der Waals surface area contributed by atoms with Crippen LogP contribution in [0.2, 0.25) is 0 Å². The zero-order valence-corrected chi connectivity index (χ0v) is 10.3. The molecule has 0 heterocycles. The van der Waals surface area contributed by atoms with Gasteiger partial charge < -0.3 is 16.3 Å². The molecule has 5 N–H and O–H groups in total. The van der Waals surface area contributed by atoms with Crippen molar-refractivity contribution in [2.45, 2.75) is 0 Å². The number of nitrogens with two attached hydrogens (primary N) is 1. The van der Waals surface area contributed by atoms with Crippen LogP contribution in [0.4, 0.5) is 5.69 Å². The monoisotopic (exact) mass is 275 g/mol. The molecule has 0 radical (unpaired) electrons. The topological polar surface area (TPSA) is 142 Å². The van der Waals surface area contributed by atoms with E-state index in [0.29, 0.717) is 6.26 Å². The molecule has 1 aromatic carbocycles. The van der Waals surface area contributed by atoms with Gasteiger partial charge in [0.05, 0.1) is 11.8 Å². The number of carbonyl (C=O) groups is 1. The second-order valence-electron chi connectivity index (χ2n) is 3.04. The first kappa shape index (κ1) is 15.9. The number of hydrogen-bond acceptors (Lipinski definition) is 5. The summed E-state index contributed by atoms with van der Waals surface area (Å²) in [5.74, 6) is 3.92. The molecule has 0 aliphatic rings. The van der Waals surface area contributed by atoms with E-state index < -0.39 is 16.1 Å². The molecule has 18 heavy (non-hydrogen) atoms. The number of nitrogens with one attached hydrogen (secondary N) is 1. The highest BCUT2D eigenvalue weighted by Gasteiger charge is 2.00. The van der Waals surface area contributed by atoms with Gasteiger partial charge in [0.1, 0.15) is 6.34 Å². The molecule has 0 unspecified atom stereocenters. The Morgan fingerprint density at radius 2 is 1.83 bits per heavy atom. The quantitative estimate of drug-likeness (QED) is 0.203. The number of carboxylic acids is 1. The molecule has 0 spiro atoms. The Kier molecular flexibility index (Phi) is 6.39. The molecular weight excluding hydrogens is 262 g/mol. The number of hydrazone groups is 1. The van der Waals surface area contributed by atoms with Crippen molar-refractivity contribution in [3.05, 3.63) is 29.8 Å². The van der Waals surface area contributed by atoms with Crippen molar-refractivity contribution in [3.8, 4) is 0 Å². The number of aromatic carboxylic acids is 1. The molecule has 100 valence electrons. The Hall–Kier alpha value is -2.13. The molecular formula is C9H13N3O5S. The average Bonchev–Trinajstić information content (AvgIpc) is 2.24. The number of benzene rings is 1. The van der Waals surface area contributed by atoms with Crippen LogP contribution in [0, 0.1) is 0 Å². The zero-order valence-electron chi connectivity index (χ0n) is 9.44. The summed E-state index contributed by atoms with van der Waals surface area (Å²) in [5.41, 5.74) is 0.981. The molecule has 0 aliphatic heterocycles. The van der Waals surface area contributed by atoms with E-state index in [1.165, 1.54) is 18.5 Å². The van der Waals surface area contributed by atoms with Gasteiger partial charge in [-0.25, -0.2) is 4.79 Å². The van der Waals surface area contributed by atoms with Crippen LogP contribution in [-0.2, 0) is 10.1 Å². The maximum atomic E-state index is 10.5. The first-order valence-corrected chi connectivity index (χ1v) is 6.33. The smallest absolute Gasteiger partial charge is 0.335 e. The van der Waals surface area contributed by atoms with Gasteiger partial charge in [-0.05, 0) is 24.3 Å². The van der Waals surface area contributed by atoms with E-state index in [1.54, 1.807) is 12.1 Å². The molecule has 9 heteroatoms. The fourth-order valence-electron chi connectivity index (χ4n) is 0.821. The molecule has 8 nitrogen and oxygen atoms in total. The third kappa shape index (κ3) is 9.12. The highest BCUT2D eigenvalue weighted by atomic mass is 32.2. The van der Waals surface area contributed by atoms with Gasteiger partial charge >= 0.3 is 5.97 Å². The van der Waals surface area contributed by atoms with E-state index >= 15 is 0 Å². The van der Waals surface area contributed by atoms with Crippen LogP contribution in [-0.4, -0.2) is 36.6 Å². The normalized spacial score (nSPS) is 10.6. The van der Waals surface area contributed by atoms with Gasteiger partial charge in [0.25, 0.3) is 10.1 Å². The number of nitrogens with zero attached hydrogens (tertiary/aromatic N) is 1. The second-order valence-corrected chi connectivity index (χ2v) is 4.50. The predicted octanol–water partition coefficient (Wildman–Crippen LogP) is 0.203. The molecule has 0 fully saturated rings. The maximum absolute atomic E-state index is 10.5. The standard InChI is InChI=1S/C8H9N3O2.CH4O3S/c9-11-5-10-7-3-1-6(2-4-7)8(12)13;1-5(2,3)4/h1-5H,9H2,(H,10,11)(H,12,13);1H3,(H,2,3,4). The molecule has 0 atom stereocenters.